The van der Waals surface area contributed by atoms with Crippen molar-refractivity contribution in [3.63, 3.8) is 0 Å². The zero-order valence-corrected chi connectivity index (χ0v) is 9.84. The summed E-state index contributed by atoms with van der Waals surface area (Å²) in [6.07, 6.45) is 6.09. The van der Waals surface area contributed by atoms with E-state index in [1.807, 2.05) is 0 Å². The molecule has 2 N–H and O–H groups in total. The normalized spacial score (nSPS) is 26.7. The van der Waals surface area contributed by atoms with Crippen LogP contribution in [0.4, 0.5) is 0 Å². The van der Waals surface area contributed by atoms with Gasteiger partial charge in [0.15, 0.2) is 0 Å². The maximum atomic E-state index is 5.91. The van der Waals surface area contributed by atoms with Crippen molar-refractivity contribution in [2.24, 2.45) is 5.73 Å². The van der Waals surface area contributed by atoms with Gasteiger partial charge in [0.05, 0.1) is 12.7 Å². The summed E-state index contributed by atoms with van der Waals surface area (Å²) < 4.78 is 5.85. The molecule has 0 radical (unpaired) electrons. The van der Waals surface area contributed by atoms with Gasteiger partial charge in [-0.15, -0.1) is 11.3 Å². The molecule has 84 valence electrons. The van der Waals surface area contributed by atoms with Crippen LogP contribution in [0.5, 0.6) is 0 Å². The first-order chi connectivity index (χ1) is 7.34. The van der Waals surface area contributed by atoms with Crippen LogP contribution in [0.2, 0.25) is 0 Å². The van der Waals surface area contributed by atoms with Crippen molar-refractivity contribution < 1.29 is 4.74 Å². The van der Waals surface area contributed by atoms with E-state index in [1.54, 1.807) is 11.3 Å². The first-order valence-electron chi connectivity index (χ1n) is 5.74. The molecule has 2 rings (SSSR count). The molecule has 2 unspecified atom stereocenters. The lowest BCUT2D eigenvalue weighted by Crippen LogP contribution is -2.32. The Bertz CT molecular complexity index is 273. The van der Waals surface area contributed by atoms with E-state index >= 15 is 0 Å². The molecule has 0 amide bonds. The van der Waals surface area contributed by atoms with Crippen LogP contribution in [0.25, 0.3) is 0 Å². The van der Waals surface area contributed by atoms with Gasteiger partial charge in [-0.05, 0) is 37.1 Å². The highest BCUT2D eigenvalue weighted by atomic mass is 32.1. The third kappa shape index (κ3) is 3.59. The Morgan fingerprint density at radius 3 is 3.13 bits per heavy atom. The van der Waals surface area contributed by atoms with E-state index in [1.165, 1.54) is 24.1 Å². The molecule has 0 spiro atoms. The Morgan fingerprint density at radius 1 is 1.47 bits per heavy atom. The van der Waals surface area contributed by atoms with Crippen molar-refractivity contribution in [2.75, 3.05) is 6.61 Å². The summed E-state index contributed by atoms with van der Waals surface area (Å²) in [5.74, 6) is 0. The van der Waals surface area contributed by atoms with Crippen LogP contribution in [0, 0.1) is 0 Å². The van der Waals surface area contributed by atoms with Gasteiger partial charge in [0.2, 0.25) is 0 Å². The van der Waals surface area contributed by atoms with Gasteiger partial charge < -0.3 is 10.5 Å². The molecule has 1 aliphatic rings. The average Bonchev–Trinajstić information content (AvgIpc) is 2.71. The number of thiophene rings is 1. The van der Waals surface area contributed by atoms with Gasteiger partial charge in [0.25, 0.3) is 0 Å². The SMILES string of the molecule is NC1CCCC(OCCc2cccs2)C1. The van der Waals surface area contributed by atoms with Gasteiger partial charge >= 0.3 is 0 Å². The smallest absolute Gasteiger partial charge is 0.0590 e. The standard InChI is InChI=1S/C12H19NOS/c13-10-3-1-4-11(9-10)14-7-6-12-5-2-8-15-12/h2,5,8,10-11H,1,3-4,6-7,9,13H2. The third-order valence-corrected chi connectivity index (χ3v) is 3.88. The van der Waals surface area contributed by atoms with Gasteiger partial charge in [-0.1, -0.05) is 6.07 Å². The minimum Gasteiger partial charge on any atom is -0.378 e. The Morgan fingerprint density at radius 2 is 2.40 bits per heavy atom. The zero-order chi connectivity index (χ0) is 10.5. The van der Waals surface area contributed by atoms with Crippen molar-refractivity contribution in [1.29, 1.82) is 0 Å². The minimum absolute atomic E-state index is 0.366. The van der Waals surface area contributed by atoms with Crippen LogP contribution in [0.3, 0.4) is 0 Å². The summed E-state index contributed by atoms with van der Waals surface area (Å²) >= 11 is 1.81. The Hall–Kier alpha value is -0.380. The van der Waals surface area contributed by atoms with Crippen LogP contribution >= 0.6 is 11.3 Å². The molecular weight excluding hydrogens is 206 g/mol. The number of hydrogen-bond acceptors (Lipinski definition) is 3. The molecule has 0 bridgehead atoms. The molecule has 1 heterocycles. The van der Waals surface area contributed by atoms with Crippen molar-refractivity contribution in [3.05, 3.63) is 22.4 Å². The quantitative estimate of drug-likeness (QED) is 0.854. The predicted molar refractivity (Wildman–Crippen MR) is 64.2 cm³/mol. The molecule has 0 aromatic carbocycles. The van der Waals surface area contributed by atoms with E-state index < -0.39 is 0 Å². The maximum absolute atomic E-state index is 5.91. The number of ether oxygens (including phenoxy) is 1. The Kier molecular flexibility index (Phi) is 4.18. The van der Waals surface area contributed by atoms with Crippen molar-refractivity contribution in [1.82, 2.24) is 0 Å². The number of hydrogen-bond donors (Lipinski definition) is 1. The Balaban J connectivity index is 1.65. The van der Waals surface area contributed by atoms with Gasteiger partial charge in [-0.2, -0.15) is 0 Å². The van der Waals surface area contributed by atoms with E-state index in [0.29, 0.717) is 12.1 Å². The van der Waals surface area contributed by atoms with Crippen LogP contribution < -0.4 is 5.73 Å². The lowest BCUT2D eigenvalue weighted by atomic mass is 9.93. The second kappa shape index (κ2) is 5.64. The third-order valence-electron chi connectivity index (χ3n) is 2.95. The van der Waals surface area contributed by atoms with Gasteiger partial charge in [0.1, 0.15) is 0 Å². The molecule has 1 saturated carbocycles. The zero-order valence-electron chi connectivity index (χ0n) is 9.02. The van der Waals surface area contributed by atoms with E-state index in [9.17, 15) is 0 Å². The fourth-order valence-electron chi connectivity index (χ4n) is 2.11. The van der Waals surface area contributed by atoms with E-state index in [2.05, 4.69) is 17.5 Å². The lowest BCUT2D eigenvalue weighted by Gasteiger charge is -2.26. The molecular formula is C12H19NOS. The molecule has 2 atom stereocenters. The summed E-state index contributed by atoms with van der Waals surface area (Å²) in [5.41, 5.74) is 5.91. The molecule has 1 aromatic rings. The molecule has 3 heteroatoms. The van der Waals surface area contributed by atoms with E-state index in [4.69, 9.17) is 10.5 Å². The van der Waals surface area contributed by atoms with E-state index in [0.717, 1.165) is 19.4 Å². The van der Waals surface area contributed by atoms with Gasteiger partial charge in [-0.25, -0.2) is 0 Å². The highest BCUT2D eigenvalue weighted by Gasteiger charge is 2.19. The van der Waals surface area contributed by atoms with Crippen LogP contribution in [-0.2, 0) is 11.2 Å². The van der Waals surface area contributed by atoms with Crippen LogP contribution in [0.1, 0.15) is 30.6 Å². The Labute approximate surface area is 95.4 Å². The number of nitrogens with two attached hydrogens (primary N) is 1. The molecule has 1 fully saturated rings. The topological polar surface area (TPSA) is 35.2 Å². The van der Waals surface area contributed by atoms with Crippen molar-refractivity contribution in [3.8, 4) is 0 Å². The molecule has 0 aliphatic heterocycles. The molecule has 1 aliphatic carbocycles. The van der Waals surface area contributed by atoms with Crippen LogP contribution in [0.15, 0.2) is 17.5 Å². The predicted octanol–water partition coefficient (Wildman–Crippen LogP) is 2.58. The molecule has 2 nitrogen and oxygen atoms in total. The van der Waals surface area contributed by atoms with Gasteiger partial charge in [-0.3, -0.25) is 0 Å². The van der Waals surface area contributed by atoms with Crippen LogP contribution in [-0.4, -0.2) is 18.8 Å². The largest absolute Gasteiger partial charge is 0.378 e. The monoisotopic (exact) mass is 225 g/mol. The second-order valence-corrected chi connectivity index (χ2v) is 5.28. The second-order valence-electron chi connectivity index (χ2n) is 4.25. The lowest BCUT2D eigenvalue weighted by molar-refractivity contribution is 0.0256. The fourth-order valence-corrected chi connectivity index (χ4v) is 2.80. The number of rotatable bonds is 4. The van der Waals surface area contributed by atoms with E-state index in [-0.39, 0.29) is 0 Å². The summed E-state index contributed by atoms with van der Waals surface area (Å²) in [6.45, 7) is 0.845. The summed E-state index contributed by atoms with van der Waals surface area (Å²) in [5, 5.41) is 2.12. The summed E-state index contributed by atoms with van der Waals surface area (Å²) in [6, 6.07) is 4.63. The summed E-state index contributed by atoms with van der Waals surface area (Å²) in [7, 11) is 0. The highest BCUT2D eigenvalue weighted by Crippen LogP contribution is 2.20. The minimum atomic E-state index is 0.366. The first-order valence-corrected chi connectivity index (χ1v) is 6.62. The average molecular weight is 225 g/mol. The van der Waals surface area contributed by atoms with Crippen molar-refractivity contribution in [2.45, 2.75) is 44.2 Å². The molecule has 15 heavy (non-hydrogen) atoms. The molecule has 1 aromatic heterocycles. The summed E-state index contributed by atoms with van der Waals surface area (Å²) in [4.78, 5) is 1.41. The highest BCUT2D eigenvalue weighted by molar-refractivity contribution is 7.09. The van der Waals surface area contributed by atoms with Crippen molar-refractivity contribution >= 4 is 11.3 Å². The first kappa shape index (κ1) is 11.1. The van der Waals surface area contributed by atoms with Gasteiger partial charge in [0, 0.05) is 17.3 Å². The maximum Gasteiger partial charge on any atom is 0.0590 e. The molecule has 0 saturated heterocycles. The fraction of sp³-hybridized carbons (Fsp3) is 0.667.